The van der Waals surface area contributed by atoms with Crippen LogP contribution >= 0.6 is 0 Å². The Morgan fingerprint density at radius 3 is 2.19 bits per heavy atom. The molecule has 2 heterocycles. The van der Waals surface area contributed by atoms with Crippen molar-refractivity contribution in [1.82, 2.24) is 20.9 Å². The summed E-state index contributed by atoms with van der Waals surface area (Å²) in [5, 5.41) is 8.01. The fourth-order valence-corrected chi connectivity index (χ4v) is 7.33. The standard InChI is InChI=1S/C29H42F3N5O6/c1-25(2,3)19(35-24(42)43-28(7-6-8-28)29(30,31)32)23(41)37-13-15-17(26(15,4)5)18(37)22(40)34-16(20(33)38)11-14-12-27(9-10-27)36-21(14)39/h14-19H,6-13H2,1-5H3,(H2,33,38)(H,34,40)(H,35,42)(H,36,39)/t14-,15+,16+,17+,18+,19-/m1/s1. The van der Waals surface area contributed by atoms with Crippen molar-refractivity contribution in [3.05, 3.63) is 0 Å². The molecule has 0 aromatic rings. The van der Waals surface area contributed by atoms with Gasteiger partial charge in [-0.25, -0.2) is 4.79 Å². The highest BCUT2D eigenvalue weighted by atomic mass is 19.4. The Hall–Kier alpha value is -3.06. The first-order chi connectivity index (χ1) is 19.7. The number of alkyl halides is 3. The van der Waals surface area contributed by atoms with Crippen LogP contribution in [0.4, 0.5) is 18.0 Å². The third-order valence-corrected chi connectivity index (χ3v) is 10.5. The smallest absolute Gasteiger partial charge is 0.428 e. The number of likely N-dealkylation sites (tertiary alicyclic amines) is 1. The largest absolute Gasteiger partial charge is 0.433 e. The summed E-state index contributed by atoms with van der Waals surface area (Å²) in [6.45, 7) is 9.09. The highest BCUT2D eigenvalue weighted by molar-refractivity contribution is 5.95. The molecule has 0 unspecified atom stereocenters. The Morgan fingerprint density at radius 1 is 1.09 bits per heavy atom. The molecule has 0 aromatic heterocycles. The lowest BCUT2D eigenvalue weighted by Gasteiger charge is -2.43. The van der Waals surface area contributed by atoms with E-state index in [1.807, 2.05) is 13.8 Å². The number of carbonyl (C=O) groups excluding carboxylic acids is 5. The van der Waals surface area contributed by atoms with Gasteiger partial charge in [0.2, 0.25) is 29.2 Å². The van der Waals surface area contributed by atoms with E-state index < -0.39 is 65.1 Å². The molecular formula is C29H42F3N5O6. The van der Waals surface area contributed by atoms with E-state index in [2.05, 4.69) is 16.0 Å². The molecule has 5 rings (SSSR count). The second kappa shape index (κ2) is 9.98. The maximum Gasteiger partial charge on any atom is 0.428 e. The molecule has 11 nitrogen and oxygen atoms in total. The van der Waals surface area contributed by atoms with Crippen LogP contribution in [0.3, 0.4) is 0 Å². The van der Waals surface area contributed by atoms with Gasteiger partial charge in [-0.15, -0.1) is 0 Å². The first kappa shape index (κ1) is 31.4. The number of nitrogens with two attached hydrogens (primary N) is 1. The molecule has 5 aliphatic rings. The maximum atomic E-state index is 14.0. The molecule has 5 fully saturated rings. The third-order valence-electron chi connectivity index (χ3n) is 10.5. The number of alkyl carbamates (subject to hydrolysis) is 1. The van der Waals surface area contributed by atoms with E-state index in [4.69, 9.17) is 10.5 Å². The highest BCUT2D eigenvalue weighted by Gasteiger charge is 2.70. The van der Waals surface area contributed by atoms with Crippen molar-refractivity contribution in [2.24, 2.45) is 34.3 Å². The van der Waals surface area contributed by atoms with Crippen molar-refractivity contribution >= 4 is 29.7 Å². The summed E-state index contributed by atoms with van der Waals surface area (Å²) < 4.78 is 45.7. The number of hydrogen-bond donors (Lipinski definition) is 4. The topological polar surface area (TPSA) is 160 Å². The number of nitrogens with one attached hydrogen (secondary N) is 3. The molecule has 0 aromatic carbocycles. The molecule has 43 heavy (non-hydrogen) atoms. The van der Waals surface area contributed by atoms with Gasteiger partial charge in [0, 0.05) is 18.0 Å². The van der Waals surface area contributed by atoms with E-state index in [0.29, 0.717) is 6.42 Å². The average Bonchev–Trinajstić information content (AvgIpc) is 3.56. The number of rotatable bonds is 8. The SMILES string of the molecule is CC(C)(C)[C@H](NC(=O)OC1(C(F)(F)F)CCC1)C(=O)N1C[C@H]2[C@@H]([C@H]1C(=O)N[C@@H](C[C@@H]1CC3(CC3)NC1=O)C(N)=O)C2(C)C. The molecule has 5 amide bonds. The Kier molecular flexibility index (Phi) is 7.28. The van der Waals surface area contributed by atoms with Crippen LogP contribution in [0.15, 0.2) is 0 Å². The van der Waals surface area contributed by atoms with E-state index in [0.717, 1.165) is 12.8 Å². The third kappa shape index (κ3) is 5.54. The van der Waals surface area contributed by atoms with Crippen LogP contribution in [-0.4, -0.2) is 76.6 Å². The number of amides is 5. The van der Waals surface area contributed by atoms with E-state index >= 15 is 0 Å². The molecule has 2 saturated heterocycles. The Labute approximate surface area is 248 Å². The fraction of sp³-hybridized carbons (Fsp3) is 0.828. The first-order valence-electron chi connectivity index (χ1n) is 15.0. The maximum absolute atomic E-state index is 14.0. The van der Waals surface area contributed by atoms with Gasteiger partial charge in [-0.05, 0) is 67.6 Å². The summed E-state index contributed by atoms with van der Waals surface area (Å²) >= 11 is 0. The number of nitrogens with zero attached hydrogens (tertiary/aromatic N) is 1. The minimum atomic E-state index is -4.75. The summed E-state index contributed by atoms with van der Waals surface area (Å²) in [6, 6.07) is -3.44. The lowest BCUT2D eigenvalue weighted by Crippen LogP contribution is -2.62. The lowest BCUT2D eigenvalue weighted by molar-refractivity contribution is -0.284. The van der Waals surface area contributed by atoms with Crippen LogP contribution in [0.1, 0.15) is 79.6 Å². The van der Waals surface area contributed by atoms with Gasteiger partial charge in [0.25, 0.3) is 0 Å². The van der Waals surface area contributed by atoms with Gasteiger partial charge in [0.15, 0.2) is 0 Å². The van der Waals surface area contributed by atoms with Gasteiger partial charge < -0.3 is 31.3 Å². The monoisotopic (exact) mass is 613 g/mol. The minimum Gasteiger partial charge on any atom is -0.433 e. The summed E-state index contributed by atoms with van der Waals surface area (Å²) in [6.07, 6.45) is -4.21. The van der Waals surface area contributed by atoms with Crippen molar-refractivity contribution in [2.75, 3.05) is 6.54 Å². The Morgan fingerprint density at radius 2 is 1.72 bits per heavy atom. The number of carbonyl (C=O) groups is 5. The van der Waals surface area contributed by atoms with Crippen LogP contribution in [-0.2, 0) is 23.9 Å². The zero-order chi connectivity index (χ0) is 31.9. The lowest BCUT2D eigenvalue weighted by atomic mass is 9.79. The molecule has 3 aliphatic carbocycles. The fourth-order valence-electron chi connectivity index (χ4n) is 7.33. The van der Waals surface area contributed by atoms with Crippen molar-refractivity contribution in [3.63, 3.8) is 0 Å². The average molecular weight is 614 g/mol. The van der Waals surface area contributed by atoms with Gasteiger partial charge >= 0.3 is 12.3 Å². The van der Waals surface area contributed by atoms with Crippen LogP contribution in [0.25, 0.3) is 0 Å². The van der Waals surface area contributed by atoms with Crippen LogP contribution in [0.2, 0.25) is 0 Å². The normalized spacial score (nSPS) is 30.8. The molecule has 5 N–H and O–H groups in total. The van der Waals surface area contributed by atoms with Gasteiger partial charge in [-0.1, -0.05) is 34.6 Å². The Bertz CT molecular complexity index is 1220. The Balaban J connectivity index is 1.31. The van der Waals surface area contributed by atoms with E-state index in [1.165, 1.54) is 4.90 Å². The van der Waals surface area contributed by atoms with E-state index in [1.54, 1.807) is 20.8 Å². The van der Waals surface area contributed by atoms with Crippen molar-refractivity contribution in [2.45, 2.75) is 115 Å². The predicted molar refractivity (Wildman–Crippen MR) is 146 cm³/mol. The number of primary amides is 1. The first-order valence-corrected chi connectivity index (χ1v) is 15.0. The number of fused-ring (bicyclic) bond motifs is 1. The molecule has 0 radical (unpaired) electrons. The van der Waals surface area contributed by atoms with E-state index in [9.17, 15) is 37.1 Å². The molecular weight excluding hydrogens is 571 g/mol. The van der Waals surface area contributed by atoms with E-state index in [-0.39, 0.29) is 60.9 Å². The molecule has 3 saturated carbocycles. The van der Waals surface area contributed by atoms with Crippen LogP contribution in [0.5, 0.6) is 0 Å². The zero-order valence-electron chi connectivity index (χ0n) is 25.2. The number of piperidine rings is 1. The van der Waals surface area contributed by atoms with Gasteiger partial charge in [-0.3, -0.25) is 19.2 Å². The number of ether oxygens (including phenoxy) is 1. The van der Waals surface area contributed by atoms with Crippen LogP contribution < -0.4 is 21.7 Å². The molecule has 6 atom stereocenters. The van der Waals surface area contributed by atoms with Crippen molar-refractivity contribution in [3.8, 4) is 0 Å². The number of hydrogen-bond acceptors (Lipinski definition) is 6. The van der Waals surface area contributed by atoms with Gasteiger partial charge in [0.1, 0.15) is 18.1 Å². The summed E-state index contributed by atoms with van der Waals surface area (Å²) in [7, 11) is 0. The number of halogens is 3. The highest BCUT2D eigenvalue weighted by Crippen LogP contribution is 2.65. The van der Waals surface area contributed by atoms with Crippen molar-refractivity contribution in [1.29, 1.82) is 0 Å². The minimum absolute atomic E-state index is 0.0335. The zero-order valence-corrected chi connectivity index (χ0v) is 25.2. The second-order valence-electron chi connectivity index (χ2n) is 14.9. The quantitative estimate of drug-likeness (QED) is 0.328. The summed E-state index contributed by atoms with van der Waals surface area (Å²) in [4.78, 5) is 66.8. The van der Waals surface area contributed by atoms with Crippen molar-refractivity contribution < 1.29 is 41.9 Å². The van der Waals surface area contributed by atoms with Gasteiger partial charge in [0.05, 0.1) is 0 Å². The molecule has 240 valence electrons. The second-order valence-corrected chi connectivity index (χ2v) is 14.9. The van der Waals surface area contributed by atoms with Gasteiger partial charge in [-0.2, -0.15) is 13.2 Å². The summed E-state index contributed by atoms with van der Waals surface area (Å²) in [5.41, 5.74) is 1.60. The molecule has 0 bridgehead atoms. The molecule has 2 aliphatic heterocycles. The molecule has 1 spiro atoms. The molecule has 14 heteroatoms. The predicted octanol–water partition coefficient (Wildman–Crippen LogP) is 2.12. The van der Waals surface area contributed by atoms with Crippen LogP contribution in [0, 0.1) is 28.6 Å². The summed E-state index contributed by atoms with van der Waals surface area (Å²) in [5.74, 6) is -2.98.